The molecule has 1 amide bonds. The van der Waals surface area contributed by atoms with Crippen LogP contribution in [0.25, 0.3) is 11.3 Å². The topological polar surface area (TPSA) is 63.7 Å². The van der Waals surface area contributed by atoms with Gasteiger partial charge in [0.1, 0.15) is 18.1 Å². The fourth-order valence-corrected chi connectivity index (χ4v) is 3.26. The first-order valence-corrected chi connectivity index (χ1v) is 10.2. The number of thiazole rings is 1. The molecule has 0 saturated heterocycles. The van der Waals surface area contributed by atoms with Gasteiger partial charge in [-0.3, -0.25) is 10.1 Å². The van der Waals surface area contributed by atoms with Crippen molar-refractivity contribution in [1.82, 2.24) is 9.88 Å². The summed E-state index contributed by atoms with van der Waals surface area (Å²) in [6.07, 6.45) is 0. The van der Waals surface area contributed by atoms with E-state index in [2.05, 4.69) is 15.2 Å². The van der Waals surface area contributed by atoms with E-state index in [0.717, 1.165) is 29.1 Å². The molecule has 1 aromatic heterocycles. The van der Waals surface area contributed by atoms with Gasteiger partial charge in [-0.1, -0.05) is 29.8 Å². The second-order valence-electron chi connectivity index (χ2n) is 6.84. The predicted molar refractivity (Wildman–Crippen MR) is 117 cm³/mol. The molecule has 0 atom stereocenters. The number of anilines is 1. The van der Waals surface area contributed by atoms with Crippen LogP contribution in [0, 0.1) is 6.92 Å². The van der Waals surface area contributed by atoms with E-state index in [-0.39, 0.29) is 12.5 Å². The Labute approximate surface area is 175 Å². The Hall–Kier alpha value is -2.90. The van der Waals surface area contributed by atoms with Gasteiger partial charge in [-0.25, -0.2) is 4.98 Å². The summed E-state index contributed by atoms with van der Waals surface area (Å²) < 4.78 is 11.4. The smallest absolute Gasteiger partial charge is 0.264 e. The van der Waals surface area contributed by atoms with Crippen molar-refractivity contribution < 1.29 is 14.3 Å². The minimum Gasteiger partial charge on any atom is -0.492 e. The lowest BCUT2D eigenvalue weighted by atomic mass is 10.1. The Balaban J connectivity index is 1.59. The molecule has 6 nitrogen and oxygen atoms in total. The highest BCUT2D eigenvalue weighted by Gasteiger charge is 2.12. The van der Waals surface area contributed by atoms with Crippen LogP contribution in [0.1, 0.15) is 5.56 Å². The van der Waals surface area contributed by atoms with Crippen LogP contribution in [0.4, 0.5) is 5.13 Å². The van der Waals surface area contributed by atoms with Gasteiger partial charge in [0, 0.05) is 17.5 Å². The minimum absolute atomic E-state index is 0.0673. The molecule has 3 aromatic rings. The van der Waals surface area contributed by atoms with E-state index in [4.69, 9.17) is 9.47 Å². The van der Waals surface area contributed by atoms with E-state index < -0.39 is 0 Å². The number of aromatic nitrogens is 1. The van der Waals surface area contributed by atoms with Gasteiger partial charge < -0.3 is 14.4 Å². The van der Waals surface area contributed by atoms with Gasteiger partial charge in [-0.05, 0) is 45.3 Å². The lowest BCUT2D eigenvalue weighted by Crippen LogP contribution is -2.20. The number of ether oxygens (including phenoxy) is 2. The summed E-state index contributed by atoms with van der Waals surface area (Å²) in [5.74, 6) is 1.19. The van der Waals surface area contributed by atoms with Crippen molar-refractivity contribution in [2.75, 3.05) is 39.2 Å². The number of hydrogen-bond acceptors (Lipinski definition) is 6. The average molecular weight is 412 g/mol. The second kappa shape index (κ2) is 10.0. The molecule has 1 heterocycles. The molecule has 3 rings (SSSR count). The van der Waals surface area contributed by atoms with Gasteiger partial charge in [0.05, 0.1) is 5.69 Å². The molecule has 0 spiro atoms. The van der Waals surface area contributed by atoms with Gasteiger partial charge >= 0.3 is 0 Å². The molecule has 0 unspecified atom stereocenters. The largest absolute Gasteiger partial charge is 0.492 e. The second-order valence-corrected chi connectivity index (χ2v) is 7.69. The summed E-state index contributed by atoms with van der Waals surface area (Å²) >= 11 is 1.37. The predicted octanol–water partition coefficient (Wildman–Crippen LogP) is 4.08. The first-order valence-electron chi connectivity index (χ1n) is 9.33. The molecule has 7 heteroatoms. The zero-order valence-electron chi connectivity index (χ0n) is 16.8. The highest BCUT2D eigenvalue weighted by Crippen LogP contribution is 2.32. The normalized spacial score (nSPS) is 10.8. The van der Waals surface area contributed by atoms with E-state index in [1.165, 1.54) is 11.3 Å². The third kappa shape index (κ3) is 6.30. The van der Waals surface area contributed by atoms with Crippen LogP contribution >= 0.6 is 11.3 Å². The molecule has 0 bridgehead atoms. The van der Waals surface area contributed by atoms with Crippen molar-refractivity contribution in [3.63, 3.8) is 0 Å². The Morgan fingerprint density at radius 2 is 1.86 bits per heavy atom. The highest BCUT2D eigenvalue weighted by atomic mass is 32.1. The number of nitrogens with zero attached hydrogens (tertiary/aromatic N) is 2. The van der Waals surface area contributed by atoms with Crippen LogP contribution in [0.5, 0.6) is 11.5 Å². The fourth-order valence-electron chi connectivity index (χ4n) is 2.54. The van der Waals surface area contributed by atoms with E-state index in [1.807, 2.05) is 74.9 Å². The lowest BCUT2D eigenvalue weighted by Gasteiger charge is -2.13. The molecule has 2 aromatic carbocycles. The SMILES string of the molecule is Cc1ccc(OCC(=O)Nc2nc(-c3ccccc3OCCN(C)C)cs2)cc1. The molecule has 0 aliphatic heterocycles. The fraction of sp³-hybridized carbons (Fsp3) is 0.273. The Morgan fingerprint density at radius 3 is 2.62 bits per heavy atom. The first-order chi connectivity index (χ1) is 14.0. The number of likely N-dealkylation sites (N-methyl/N-ethyl adjacent to an activating group) is 1. The maximum absolute atomic E-state index is 12.2. The lowest BCUT2D eigenvalue weighted by molar-refractivity contribution is -0.118. The zero-order valence-corrected chi connectivity index (χ0v) is 17.7. The van der Waals surface area contributed by atoms with Crippen molar-refractivity contribution in [2.24, 2.45) is 0 Å². The number of carbonyl (C=O) groups excluding carboxylic acids is 1. The molecular weight excluding hydrogens is 386 g/mol. The first kappa shape index (κ1) is 20.8. The van der Waals surface area contributed by atoms with Crippen LogP contribution < -0.4 is 14.8 Å². The van der Waals surface area contributed by atoms with Crippen molar-refractivity contribution in [3.8, 4) is 22.8 Å². The Morgan fingerprint density at radius 1 is 1.10 bits per heavy atom. The maximum atomic E-state index is 12.2. The molecule has 0 fully saturated rings. The number of nitrogens with one attached hydrogen (secondary N) is 1. The van der Waals surface area contributed by atoms with Gasteiger partial charge in [0.25, 0.3) is 5.91 Å². The molecule has 1 N–H and O–H groups in total. The van der Waals surface area contributed by atoms with Crippen LogP contribution in [0.2, 0.25) is 0 Å². The molecule has 0 aliphatic carbocycles. The molecule has 152 valence electrons. The summed E-state index contributed by atoms with van der Waals surface area (Å²) in [6, 6.07) is 15.3. The molecular formula is C22H25N3O3S. The monoisotopic (exact) mass is 411 g/mol. The number of amides is 1. The zero-order chi connectivity index (χ0) is 20.6. The van der Waals surface area contributed by atoms with Gasteiger partial charge in [-0.15, -0.1) is 11.3 Å². The summed E-state index contributed by atoms with van der Waals surface area (Å²) in [5.41, 5.74) is 2.81. The Kier molecular flexibility index (Phi) is 7.21. The summed E-state index contributed by atoms with van der Waals surface area (Å²) in [6.45, 7) is 3.35. The third-order valence-corrected chi connectivity index (χ3v) is 4.86. The summed E-state index contributed by atoms with van der Waals surface area (Å²) in [5, 5.41) is 5.22. The standard InChI is InChI=1S/C22H25N3O3S/c1-16-8-10-17(11-9-16)28-14-21(26)24-22-23-19(15-29-22)18-6-4-5-7-20(18)27-13-12-25(2)3/h4-11,15H,12-14H2,1-3H3,(H,23,24,26). The van der Waals surface area contributed by atoms with Gasteiger partial charge in [0.2, 0.25) is 0 Å². The average Bonchev–Trinajstić information content (AvgIpc) is 3.16. The van der Waals surface area contributed by atoms with Crippen LogP contribution in [0.3, 0.4) is 0 Å². The number of carbonyl (C=O) groups is 1. The number of para-hydroxylation sites is 1. The maximum Gasteiger partial charge on any atom is 0.264 e. The van der Waals surface area contributed by atoms with Crippen molar-refractivity contribution in [3.05, 3.63) is 59.5 Å². The van der Waals surface area contributed by atoms with E-state index in [1.54, 1.807) is 0 Å². The molecule has 0 saturated carbocycles. The van der Waals surface area contributed by atoms with Gasteiger partial charge in [-0.2, -0.15) is 0 Å². The quantitative estimate of drug-likeness (QED) is 0.575. The molecule has 0 aliphatic rings. The van der Waals surface area contributed by atoms with Gasteiger partial charge in [0.15, 0.2) is 11.7 Å². The van der Waals surface area contributed by atoms with E-state index in [9.17, 15) is 4.79 Å². The summed E-state index contributed by atoms with van der Waals surface area (Å²) in [4.78, 5) is 18.8. The third-order valence-electron chi connectivity index (χ3n) is 4.10. The minimum atomic E-state index is -0.248. The van der Waals surface area contributed by atoms with Crippen molar-refractivity contribution >= 4 is 22.4 Å². The number of benzene rings is 2. The van der Waals surface area contributed by atoms with E-state index in [0.29, 0.717) is 17.5 Å². The van der Waals surface area contributed by atoms with Crippen LogP contribution in [-0.4, -0.2) is 49.6 Å². The molecule has 29 heavy (non-hydrogen) atoms. The van der Waals surface area contributed by atoms with E-state index >= 15 is 0 Å². The van der Waals surface area contributed by atoms with Crippen molar-refractivity contribution in [2.45, 2.75) is 6.92 Å². The number of hydrogen-bond donors (Lipinski definition) is 1. The van der Waals surface area contributed by atoms with Crippen LogP contribution in [0.15, 0.2) is 53.9 Å². The summed E-state index contributed by atoms with van der Waals surface area (Å²) in [7, 11) is 4.01. The number of rotatable bonds is 9. The highest BCUT2D eigenvalue weighted by molar-refractivity contribution is 7.14. The number of aryl methyl sites for hydroxylation is 1. The van der Waals surface area contributed by atoms with Crippen LogP contribution in [-0.2, 0) is 4.79 Å². The van der Waals surface area contributed by atoms with Crippen molar-refractivity contribution in [1.29, 1.82) is 0 Å². The Bertz CT molecular complexity index is 938. The molecule has 0 radical (unpaired) electrons.